The number of rotatable bonds is 8. The minimum atomic E-state index is -0.301. The quantitative estimate of drug-likeness (QED) is 0.403. The summed E-state index contributed by atoms with van der Waals surface area (Å²) >= 11 is 1.34. The molecule has 1 atom stereocenters. The van der Waals surface area contributed by atoms with E-state index in [2.05, 4.69) is 39.4 Å². The van der Waals surface area contributed by atoms with E-state index in [9.17, 15) is 4.79 Å². The van der Waals surface area contributed by atoms with E-state index in [1.54, 1.807) is 0 Å². The van der Waals surface area contributed by atoms with Crippen LogP contribution in [0.5, 0.6) is 5.75 Å². The van der Waals surface area contributed by atoms with Crippen LogP contribution in [0.4, 0.5) is 0 Å². The van der Waals surface area contributed by atoms with E-state index in [0.29, 0.717) is 17.6 Å². The van der Waals surface area contributed by atoms with Gasteiger partial charge in [-0.05, 0) is 43.7 Å². The van der Waals surface area contributed by atoms with Gasteiger partial charge < -0.3 is 15.5 Å². The average Bonchev–Trinajstić information content (AvgIpc) is 3.20. The van der Waals surface area contributed by atoms with Gasteiger partial charge >= 0.3 is 0 Å². The van der Waals surface area contributed by atoms with E-state index in [1.165, 1.54) is 22.0 Å². The van der Waals surface area contributed by atoms with Gasteiger partial charge in [0.2, 0.25) is 11.1 Å². The van der Waals surface area contributed by atoms with Crippen LogP contribution < -0.4 is 10.6 Å². The number of ether oxygens (including phenoxy) is 1. The number of aromatic nitrogens is 3. The number of carbonyl (C=O) groups excluding carboxylic acids is 1. The average molecular weight is 467 g/mol. The van der Waals surface area contributed by atoms with Crippen molar-refractivity contribution < 1.29 is 9.53 Å². The summed E-state index contributed by atoms with van der Waals surface area (Å²) in [4.78, 5) is 17.3. The van der Waals surface area contributed by atoms with Crippen molar-refractivity contribution in [1.82, 2.24) is 24.7 Å². The second kappa shape index (κ2) is 10.7. The Balaban J connectivity index is 1.32. The van der Waals surface area contributed by atoms with Gasteiger partial charge in [-0.3, -0.25) is 9.69 Å². The number of benzene rings is 2. The summed E-state index contributed by atoms with van der Waals surface area (Å²) in [5, 5.41) is 8.66. The minimum Gasteiger partial charge on any atom is -0.494 e. The number of piperazine rings is 1. The Labute approximate surface area is 198 Å². The topological polar surface area (TPSA) is 89.5 Å². The zero-order valence-electron chi connectivity index (χ0n) is 19.1. The molecular formula is C24H30N6O2S. The molecule has 1 unspecified atom stereocenters. The number of thioether (sulfide) groups is 1. The predicted octanol–water partition coefficient (Wildman–Crippen LogP) is 2.88. The van der Waals surface area contributed by atoms with Crippen molar-refractivity contribution in [3.63, 3.8) is 0 Å². The lowest BCUT2D eigenvalue weighted by Crippen LogP contribution is -2.50. The molecule has 1 amide bonds. The number of hydrogen-bond donors (Lipinski definition) is 1. The van der Waals surface area contributed by atoms with Crippen LogP contribution in [0.3, 0.4) is 0 Å². The van der Waals surface area contributed by atoms with Crippen molar-refractivity contribution in [2.45, 2.75) is 30.8 Å². The van der Waals surface area contributed by atoms with Gasteiger partial charge in [-0.25, -0.2) is 4.68 Å². The van der Waals surface area contributed by atoms with E-state index in [-0.39, 0.29) is 11.2 Å². The number of amides is 1. The van der Waals surface area contributed by atoms with Crippen molar-refractivity contribution in [1.29, 1.82) is 0 Å². The maximum absolute atomic E-state index is 13.0. The molecule has 2 aromatic carbocycles. The van der Waals surface area contributed by atoms with Gasteiger partial charge in [0, 0.05) is 38.3 Å². The lowest BCUT2D eigenvalue weighted by Gasteiger charge is -2.35. The number of nitrogens with zero attached hydrogens (tertiary/aromatic N) is 5. The highest BCUT2D eigenvalue weighted by Crippen LogP contribution is 2.27. The molecule has 1 fully saturated rings. The van der Waals surface area contributed by atoms with Crippen LogP contribution in [0.25, 0.3) is 11.4 Å². The fourth-order valence-corrected chi connectivity index (χ4v) is 4.71. The van der Waals surface area contributed by atoms with Crippen molar-refractivity contribution >= 4 is 17.7 Å². The summed E-state index contributed by atoms with van der Waals surface area (Å²) in [6.45, 7) is 8.56. The minimum absolute atomic E-state index is 0.102. The number of nitrogen functional groups attached to an aromatic ring is 1. The normalized spacial score (nSPS) is 15.4. The first-order valence-corrected chi connectivity index (χ1v) is 12.1. The van der Waals surface area contributed by atoms with Gasteiger partial charge in [0.15, 0.2) is 5.82 Å². The summed E-state index contributed by atoms with van der Waals surface area (Å²) in [6, 6.07) is 18.0. The molecule has 0 spiro atoms. The molecule has 2 N–H and O–H groups in total. The fourth-order valence-electron chi connectivity index (χ4n) is 3.85. The molecule has 3 aromatic rings. The molecule has 0 radical (unpaired) electrons. The molecule has 9 heteroatoms. The van der Waals surface area contributed by atoms with Gasteiger partial charge in [0.1, 0.15) is 5.75 Å². The Morgan fingerprint density at radius 3 is 2.42 bits per heavy atom. The molecule has 0 saturated carbocycles. The maximum atomic E-state index is 13.0. The van der Waals surface area contributed by atoms with E-state index >= 15 is 0 Å². The van der Waals surface area contributed by atoms with Crippen molar-refractivity contribution in [3.05, 3.63) is 60.2 Å². The molecule has 8 nitrogen and oxygen atoms in total. The van der Waals surface area contributed by atoms with Crippen LogP contribution >= 0.6 is 11.8 Å². The lowest BCUT2D eigenvalue weighted by atomic mass is 10.2. The summed E-state index contributed by atoms with van der Waals surface area (Å²) in [5.74, 6) is 7.70. The molecular weight excluding hydrogens is 436 g/mol. The maximum Gasteiger partial charge on any atom is 0.235 e. The van der Waals surface area contributed by atoms with E-state index < -0.39 is 0 Å². The number of nitrogens with two attached hydrogens (primary N) is 1. The third-order valence-corrected chi connectivity index (χ3v) is 6.70. The lowest BCUT2D eigenvalue weighted by molar-refractivity contribution is -0.132. The first-order chi connectivity index (χ1) is 16.0. The fraction of sp³-hybridized carbons (Fsp3) is 0.375. The molecule has 0 bridgehead atoms. The Hall–Kier alpha value is -3.04. The zero-order valence-corrected chi connectivity index (χ0v) is 19.9. The molecule has 1 aliphatic heterocycles. The van der Waals surface area contributed by atoms with Gasteiger partial charge in [-0.1, -0.05) is 42.1 Å². The monoisotopic (exact) mass is 466 g/mol. The van der Waals surface area contributed by atoms with Crippen LogP contribution in [0.2, 0.25) is 0 Å². The van der Waals surface area contributed by atoms with Crippen LogP contribution in [-0.2, 0) is 11.3 Å². The largest absolute Gasteiger partial charge is 0.494 e. The van der Waals surface area contributed by atoms with Gasteiger partial charge in [0.05, 0.1) is 11.9 Å². The second-order valence-electron chi connectivity index (χ2n) is 7.98. The molecule has 0 aliphatic carbocycles. The third-order valence-electron chi connectivity index (χ3n) is 5.65. The molecule has 174 valence electrons. The molecule has 4 rings (SSSR count). The van der Waals surface area contributed by atoms with Crippen molar-refractivity contribution in [2.24, 2.45) is 0 Å². The third kappa shape index (κ3) is 5.66. The number of carbonyl (C=O) groups is 1. The SMILES string of the molecule is CCOc1ccc(-c2nnc(SC(C)C(=O)N3CCN(Cc4ccccc4)CC3)n2N)cc1. The second-order valence-corrected chi connectivity index (χ2v) is 9.29. The summed E-state index contributed by atoms with van der Waals surface area (Å²) in [5.41, 5.74) is 2.14. The Morgan fingerprint density at radius 1 is 1.06 bits per heavy atom. The van der Waals surface area contributed by atoms with E-state index in [4.69, 9.17) is 10.6 Å². The van der Waals surface area contributed by atoms with Gasteiger partial charge in [0.25, 0.3) is 0 Å². The summed E-state index contributed by atoms with van der Waals surface area (Å²) in [6.07, 6.45) is 0. The molecule has 1 aromatic heterocycles. The summed E-state index contributed by atoms with van der Waals surface area (Å²) < 4.78 is 6.93. The summed E-state index contributed by atoms with van der Waals surface area (Å²) in [7, 11) is 0. The van der Waals surface area contributed by atoms with Crippen LogP contribution in [0.15, 0.2) is 59.8 Å². The Kier molecular flexibility index (Phi) is 7.51. The zero-order chi connectivity index (χ0) is 23.2. The highest BCUT2D eigenvalue weighted by molar-refractivity contribution is 8.00. The number of hydrogen-bond acceptors (Lipinski definition) is 7. The van der Waals surface area contributed by atoms with Crippen LogP contribution in [-0.4, -0.2) is 68.6 Å². The Bertz CT molecular complexity index is 1050. The highest BCUT2D eigenvalue weighted by Gasteiger charge is 2.27. The molecule has 1 saturated heterocycles. The molecule has 33 heavy (non-hydrogen) atoms. The smallest absolute Gasteiger partial charge is 0.235 e. The standard InChI is InChI=1S/C24H30N6O2S/c1-3-32-21-11-9-20(10-12-21)22-26-27-24(30(22)25)33-18(2)23(31)29-15-13-28(14-16-29)17-19-7-5-4-6-8-19/h4-12,18H,3,13-17,25H2,1-2H3. The first-order valence-electron chi connectivity index (χ1n) is 11.2. The van der Waals surface area contributed by atoms with Crippen molar-refractivity contribution in [2.75, 3.05) is 38.6 Å². The molecule has 1 aliphatic rings. The van der Waals surface area contributed by atoms with Crippen molar-refractivity contribution in [3.8, 4) is 17.1 Å². The Morgan fingerprint density at radius 2 is 1.76 bits per heavy atom. The highest BCUT2D eigenvalue weighted by atomic mass is 32.2. The van der Waals surface area contributed by atoms with Gasteiger partial charge in [-0.2, -0.15) is 0 Å². The van der Waals surface area contributed by atoms with E-state index in [1.807, 2.05) is 49.1 Å². The van der Waals surface area contributed by atoms with Crippen LogP contribution in [0, 0.1) is 0 Å². The van der Waals surface area contributed by atoms with E-state index in [0.717, 1.165) is 44.0 Å². The first kappa shape index (κ1) is 23.1. The predicted molar refractivity (Wildman–Crippen MR) is 130 cm³/mol. The van der Waals surface area contributed by atoms with Gasteiger partial charge in [-0.15, -0.1) is 10.2 Å². The molecule has 2 heterocycles. The van der Waals surface area contributed by atoms with Crippen LogP contribution in [0.1, 0.15) is 19.4 Å².